The van der Waals surface area contributed by atoms with Crippen LogP contribution in [0.2, 0.25) is 0 Å². The minimum Gasteiger partial charge on any atom is -0.433 e. The summed E-state index contributed by atoms with van der Waals surface area (Å²) in [5.74, 6) is 0.176. The molecule has 3 N–H and O–H groups in total. The first-order chi connectivity index (χ1) is 5.65. The predicted octanol–water partition coefficient (Wildman–Crippen LogP) is -1.47. The van der Waals surface area contributed by atoms with Gasteiger partial charge in [0, 0.05) is 6.42 Å². The molecule has 0 amide bonds. The van der Waals surface area contributed by atoms with E-state index in [0.717, 1.165) is 0 Å². The zero-order valence-electron chi connectivity index (χ0n) is 6.25. The molecule has 0 fully saturated rings. The van der Waals surface area contributed by atoms with Crippen molar-refractivity contribution in [1.29, 1.82) is 0 Å². The van der Waals surface area contributed by atoms with Crippen LogP contribution in [0.5, 0.6) is 0 Å². The number of carbonyl (C=O) groups is 1. The Morgan fingerprint density at radius 2 is 2.17 bits per heavy atom. The summed E-state index contributed by atoms with van der Waals surface area (Å²) in [6.07, 6.45) is -2.23. The second-order valence-corrected chi connectivity index (χ2v) is 2.60. The third kappa shape index (κ3) is 1.82. The molecular weight excluding hydrogens is 164 g/mol. The summed E-state index contributed by atoms with van der Waals surface area (Å²) in [4.78, 5) is 9.88. The van der Waals surface area contributed by atoms with Crippen LogP contribution in [-0.4, -0.2) is 40.1 Å². The van der Waals surface area contributed by atoms with Gasteiger partial charge in [-0.15, -0.1) is 0 Å². The molecule has 0 saturated heterocycles. The van der Waals surface area contributed by atoms with Crippen LogP contribution in [0.25, 0.3) is 0 Å². The van der Waals surface area contributed by atoms with Gasteiger partial charge in [0.05, 0.1) is 6.10 Å². The van der Waals surface area contributed by atoms with Crippen molar-refractivity contribution < 1.29 is 24.9 Å². The quantitative estimate of drug-likeness (QED) is 0.445. The van der Waals surface area contributed by atoms with Gasteiger partial charge in [-0.25, -0.2) is 0 Å². The fourth-order valence-corrected chi connectivity index (χ4v) is 1.06. The molecule has 5 nitrogen and oxygen atoms in total. The molecule has 0 unspecified atom stereocenters. The molecule has 0 aliphatic heterocycles. The van der Waals surface area contributed by atoms with Gasteiger partial charge in [-0.05, 0) is 6.08 Å². The zero-order chi connectivity index (χ0) is 9.14. The molecule has 0 heterocycles. The van der Waals surface area contributed by atoms with Gasteiger partial charge in [0.2, 0.25) is 0 Å². The monoisotopic (exact) mass is 174 g/mol. The average Bonchev–Trinajstić information content (AvgIpc) is 2.01. The van der Waals surface area contributed by atoms with Gasteiger partial charge in [-0.1, -0.05) is 0 Å². The van der Waals surface area contributed by atoms with Crippen molar-refractivity contribution in [3.8, 4) is 0 Å². The van der Waals surface area contributed by atoms with Crippen LogP contribution in [0.15, 0.2) is 11.8 Å². The number of ether oxygens (including phenoxy) is 1. The zero-order valence-corrected chi connectivity index (χ0v) is 6.25. The number of aliphatic hydroxyl groups excluding tert-OH is 3. The molecule has 0 spiro atoms. The molecule has 0 radical (unpaired) electrons. The van der Waals surface area contributed by atoms with Crippen molar-refractivity contribution in [2.75, 3.05) is 0 Å². The van der Waals surface area contributed by atoms with Crippen molar-refractivity contribution in [1.82, 2.24) is 0 Å². The van der Waals surface area contributed by atoms with E-state index in [1.807, 2.05) is 0 Å². The van der Waals surface area contributed by atoms with Crippen molar-refractivity contribution in [3.63, 3.8) is 0 Å². The SMILES string of the molecule is O=COC1=C[C@@H](O)[C@@H](O)[C@H](O)C1. The number of hydrogen-bond acceptors (Lipinski definition) is 5. The van der Waals surface area contributed by atoms with Crippen molar-refractivity contribution >= 4 is 6.47 Å². The number of rotatable bonds is 2. The summed E-state index contributed by atoms with van der Waals surface area (Å²) >= 11 is 0. The van der Waals surface area contributed by atoms with Crippen molar-refractivity contribution in [3.05, 3.63) is 11.8 Å². The number of aliphatic hydroxyl groups is 3. The van der Waals surface area contributed by atoms with E-state index in [4.69, 9.17) is 15.3 Å². The fraction of sp³-hybridized carbons (Fsp3) is 0.571. The summed E-state index contributed by atoms with van der Waals surface area (Å²) in [6, 6.07) is 0. The van der Waals surface area contributed by atoms with Gasteiger partial charge in [0.25, 0.3) is 6.47 Å². The summed E-state index contributed by atoms with van der Waals surface area (Å²) in [7, 11) is 0. The molecule has 1 rings (SSSR count). The molecule has 0 aromatic rings. The molecule has 1 aliphatic rings. The van der Waals surface area contributed by atoms with Crippen LogP contribution < -0.4 is 0 Å². The molecule has 0 bridgehead atoms. The Morgan fingerprint density at radius 1 is 1.50 bits per heavy atom. The topological polar surface area (TPSA) is 87.0 Å². The minimum absolute atomic E-state index is 0.0387. The van der Waals surface area contributed by atoms with Crippen LogP contribution >= 0.6 is 0 Å². The second-order valence-electron chi connectivity index (χ2n) is 2.60. The smallest absolute Gasteiger partial charge is 0.298 e. The predicted molar refractivity (Wildman–Crippen MR) is 37.9 cm³/mol. The third-order valence-corrected chi connectivity index (χ3v) is 1.71. The maximum absolute atomic E-state index is 9.88. The summed E-state index contributed by atoms with van der Waals surface area (Å²) in [5, 5.41) is 27.2. The van der Waals surface area contributed by atoms with Gasteiger partial charge >= 0.3 is 0 Å². The average molecular weight is 174 g/mol. The Labute approximate surface area is 68.9 Å². The molecule has 12 heavy (non-hydrogen) atoms. The second kappa shape index (κ2) is 3.66. The Bertz CT molecular complexity index is 200. The lowest BCUT2D eigenvalue weighted by Crippen LogP contribution is -2.40. The van der Waals surface area contributed by atoms with Gasteiger partial charge < -0.3 is 20.1 Å². The van der Waals surface area contributed by atoms with Gasteiger partial charge in [-0.3, -0.25) is 4.79 Å². The first-order valence-electron chi connectivity index (χ1n) is 3.50. The molecule has 1 aliphatic carbocycles. The number of carbonyl (C=O) groups excluding carboxylic acids is 1. The highest BCUT2D eigenvalue weighted by molar-refractivity contribution is 5.40. The van der Waals surface area contributed by atoms with Crippen LogP contribution in [0.3, 0.4) is 0 Å². The Morgan fingerprint density at radius 3 is 2.67 bits per heavy atom. The van der Waals surface area contributed by atoms with E-state index in [9.17, 15) is 4.79 Å². The molecular formula is C7H10O5. The maximum Gasteiger partial charge on any atom is 0.298 e. The van der Waals surface area contributed by atoms with E-state index < -0.39 is 18.3 Å². The van der Waals surface area contributed by atoms with Crippen LogP contribution in [0, 0.1) is 0 Å². The Balaban J connectivity index is 2.67. The fourth-order valence-electron chi connectivity index (χ4n) is 1.06. The van der Waals surface area contributed by atoms with E-state index in [2.05, 4.69) is 4.74 Å². The van der Waals surface area contributed by atoms with Crippen LogP contribution in [0.4, 0.5) is 0 Å². The summed E-state index contributed by atoms with van der Waals surface area (Å²) in [5.41, 5.74) is 0. The van der Waals surface area contributed by atoms with Gasteiger partial charge in [0.15, 0.2) is 0 Å². The number of hydrogen-bond donors (Lipinski definition) is 3. The Kier molecular flexibility index (Phi) is 2.80. The first-order valence-corrected chi connectivity index (χ1v) is 3.50. The molecule has 5 heteroatoms. The van der Waals surface area contributed by atoms with Crippen LogP contribution in [0.1, 0.15) is 6.42 Å². The van der Waals surface area contributed by atoms with Crippen LogP contribution in [-0.2, 0) is 9.53 Å². The summed E-state index contributed by atoms with van der Waals surface area (Å²) in [6.45, 7) is 0.211. The Hall–Kier alpha value is -0.910. The van der Waals surface area contributed by atoms with Gasteiger partial charge in [-0.2, -0.15) is 0 Å². The lowest BCUT2D eigenvalue weighted by molar-refractivity contribution is -0.127. The van der Waals surface area contributed by atoms with E-state index >= 15 is 0 Å². The van der Waals surface area contributed by atoms with E-state index in [0.29, 0.717) is 0 Å². The largest absolute Gasteiger partial charge is 0.433 e. The maximum atomic E-state index is 9.88. The normalized spacial score (nSPS) is 35.6. The minimum atomic E-state index is -1.20. The third-order valence-electron chi connectivity index (χ3n) is 1.71. The van der Waals surface area contributed by atoms with Crippen molar-refractivity contribution in [2.24, 2.45) is 0 Å². The molecule has 0 saturated carbocycles. The molecule has 68 valence electrons. The highest BCUT2D eigenvalue weighted by Gasteiger charge is 2.29. The molecule has 3 atom stereocenters. The molecule has 0 aromatic heterocycles. The summed E-state index contributed by atoms with van der Waals surface area (Å²) < 4.78 is 4.42. The lowest BCUT2D eigenvalue weighted by Gasteiger charge is -2.26. The first kappa shape index (κ1) is 9.18. The van der Waals surface area contributed by atoms with E-state index in [-0.39, 0.29) is 18.7 Å². The molecule has 0 aromatic carbocycles. The standard InChI is InChI=1S/C7H10O5/c8-3-12-4-1-5(9)7(11)6(10)2-4/h1,3,5-7,9-11H,2H2/t5-,6-,7-/m1/s1. The highest BCUT2D eigenvalue weighted by Crippen LogP contribution is 2.19. The lowest BCUT2D eigenvalue weighted by atomic mass is 9.97. The highest BCUT2D eigenvalue weighted by atomic mass is 16.5. The van der Waals surface area contributed by atoms with Gasteiger partial charge in [0.1, 0.15) is 18.0 Å². The van der Waals surface area contributed by atoms with Crippen molar-refractivity contribution in [2.45, 2.75) is 24.7 Å². The van der Waals surface area contributed by atoms with E-state index in [1.165, 1.54) is 6.08 Å². The van der Waals surface area contributed by atoms with E-state index in [1.54, 1.807) is 0 Å².